The largest absolute Gasteiger partial charge is 0.423 e. The Morgan fingerprint density at radius 3 is 2.28 bits per heavy atom. The second-order valence-corrected chi connectivity index (χ2v) is 8.31. The van der Waals surface area contributed by atoms with E-state index in [4.69, 9.17) is 4.42 Å². The number of piperidine rings is 1. The van der Waals surface area contributed by atoms with Gasteiger partial charge in [0.25, 0.3) is 6.01 Å². The second-order valence-electron chi connectivity index (χ2n) is 8.31. The average Bonchev–Trinajstić information content (AvgIpc) is 3.30. The van der Waals surface area contributed by atoms with Crippen molar-refractivity contribution in [2.75, 3.05) is 44.2 Å². The van der Waals surface area contributed by atoms with Crippen LogP contribution in [0.25, 0.3) is 11.1 Å². The monoisotopic (exact) mass is 440 g/mol. The fraction of sp³-hybridized carbons (Fsp3) is 0.619. The highest BCUT2D eigenvalue weighted by molar-refractivity contribution is 5.85. The van der Waals surface area contributed by atoms with Gasteiger partial charge in [-0.05, 0) is 62.7 Å². The summed E-state index contributed by atoms with van der Waals surface area (Å²) in [7, 11) is 0. The van der Waals surface area contributed by atoms with Gasteiger partial charge in [0.05, 0.1) is 0 Å². The van der Waals surface area contributed by atoms with Crippen LogP contribution in [0.2, 0.25) is 0 Å². The number of halogens is 2. The predicted octanol–water partition coefficient (Wildman–Crippen LogP) is 3.35. The Balaban J connectivity index is 0.00000120. The molecule has 1 amide bonds. The van der Waals surface area contributed by atoms with Crippen molar-refractivity contribution in [1.29, 1.82) is 0 Å². The number of likely N-dealkylation sites (tertiary alicyclic amines) is 1. The zero-order chi connectivity index (χ0) is 18.2. The molecule has 8 heteroatoms. The molecule has 6 nitrogen and oxygen atoms in total. The van der Waals surface area contributed by atoms with E-state index < -0.39 is 0 Å². The van der Waals surface area contributed by atoms with Gasteiger partial charge in [-0.1, -0.05) is 12.1 Å². The van der Waals surface area contributed by atoms with Crippen molar-refractivity contribution in [3.8, 4) is 0 Å². The molecule has 3 aliphatic heterocycles. The van der Waals surface area contributed by atoms with Gasteiger partial charge in [-0.25, -0.2) is 0 Å². The minimum Gasteiger partial charge on any atom is -0.423 e. The molecule has 0 aliphatic carbocycles. The maximum absolute atomic E-state index is 13.1. The summed E-state index contributed by atoms with van der Waals surface area (Å²) in [5, 5.41) is 3.51. The highest BCUT2D eigenvalue weighted by Crippen LogP contribution is 2.30. The number of benzene rings is 1. The van der Waals surface area contributed by atoms with Crippen LogP contribution >= 0.6 is 24.8 Å². The van der Waals surface area contributed by atoms with Crippen LogP contribution in [0, 0.1) is 17.8 Å². The van der Waals surface area contributed by atoms with Crippen molar-refractivity contribution < 1.29 is 9.21 Å². The Hall–Kier alpha value is -1.50. The number of oxazole rings is 1. The Morgan fingerprint density at radius 1 is 0.966 bits per heavy atom. The van der Waals surface area contributed by atoms with Crippen molar-refractivity contribution >= 4 is 47.8 Å². The summed E-state index contributed by atoms with van der Waals surface area (Å²) in [6, 6.07) is 8.56. The number of carbonyl (C=O) groups is 1. The summed E-state index contributed by atoms with van der Waals surface area (Å²) in [5.74, 6) is 2.06. The molecular weight excluding hydrogens is 411 g/mol. The summed E-state index contributed by atoms with van der Waals surface area (Å²) in [4.78, 5) is 22.0. The van der Waals surface area contributed by atoms with E-state index in [1.54, 1.807) is 0 Å². The second kappa shape index (κ2) is 9.54. The summed E-state index contributed by atoms with van der Waals surface area (Å²) >= 11 is 0. The van der Waals surface area contributed by atoms with E-state index in [0.717, 1.165) is 87.9 Å². The number of nitrogens with one attached hydrogen (secondary N) is 1. The van der Waals surface area contributed by atoms with E-state index >= 15 is 0 Å². The third-order valence-electron chi connectivity index (χ3n) is 6.73. The van der Waals surface area contributed by atoms with Crippen molar-refractivity contribution in [2.45, 2.75) is 25.7 Å². The zero-order valence-corrected chi connectivity index (χ0v) is 18.2. The zero-order valence-electron chi connectivity index (χ0n) is 16.6. The third kappa shape index (κ3) is 4.49. The highest BCUT2D eigenvalue weighted by atomic mass is 35.5. The van der Waals surface area contributed by atoms with Crippen LogP contribution in [0.1, 0.15) is 25.7 Å². The molecule has 1 aromatic carbocycles. The normalized spacial score (nSPS) is 25.1. The maximum atomic E-state index is 13.1. The SMILES string of the molecule is Cl.Cl.O=C(C1CCN(c2nc3ccccc3o2)CC1)N1CC[C@@H]2CNC[C@@H]2CC1. The fourth-order valence-electron chi connectivity index (χ4n) is 5.01. The van der Waals surface area contributed by atoms with Gasteiger partial charge in [0.1, 0.15) is 5.52 Å². The number of para-hydroxylation sites is 2. The number of hydrogen-bond acceptors (Lipinski definition) is 5. The quantitative estimate of drug-likeness (QED) is 0.775. The van der Waals surface area contributed by atoms with E-state index in [0.29, 0.717) is 11.9 Å². The van der Waals surface area contributed by atoms with E-state index in [1.807, 2.05) is 24.3 Å². The predicted molar refractivity (Wildman–Crippen MR) is 119 cm³/mol. The highest BCUT2D eigenvalue weighted by Gasteiger charge is 2.34. The first-order valence-corrected chi connectivity index (χ1v) is 10.4. The molecule has 160 valence electrons. The minimum atomic E-state index is 0. The van der Waals surface area contributed by atoms with Crippen molar-refractivity contribution in [3.63, 3.8) is 0 Å². The number of carbonyl (C=O) groups excluding carboxylic acids is 1. The van der Waals surface area contributed by atoms with Gasteiger partial charge in [-0.2, -0.15) is 4.98 Å². The van der Waals surface area contributed by atoms with Crippen LogP contribution in [-0.2, 0) is 4.79 Å². The molecule has 3 fully saturated rings. The third-order valence-corrected chi connectivity index (χ3v) is 6.73. The van der Waals surface area contributed by atoms with Gasteiger partial charge in [0.2, 0.25) is 5.91 Å². The van der Waals surface area contributed by atoms with E-state index in [1.165, 1.54) is 0 Å². The van der Waals surface area contributed by atoms with Crippen LogP contribution in [-0.4, -0.2) is 55.1 Å². The number of aromatic nitrogens is 1. The molecule has 0 spiro atoms. The van der Waals surface area contributed by atoms with Crippen LogP contribution in [0.15, 0.2) is 28.7 Å². The van der Waals surface area contributed by atoms with Gasteiger partial charge in [-0.15, -0.1) is 24.8 Å². The topological polar surface area (TPSA) is 61.6 Å². The Kier molecular flexibility index (Phi) is 7.30. The molecule has 1 N–H and O–H groups in total. The number of hydrogen-bond donors (Lipinski definition) is 1. The van der Waals surface area contributed by atoms with Gasteiger partial charge in [0.15, 0.2) is 5.58 Å². The number of nitrogens with zero attached hydrogens (tertiary/aromatic N) is 3. The van der Waals surface area contributed by atoms with Crippen LogP contribution in [0.3, 0.4) is 0 Å². The Bertz CT molecular complexity index is 775. The number of rotatable bonds is 2. The molecule has 4 heterocycles. The van der Waals surface area contributed by atoms with Crippen molar-refractivity contribution in [2.24, 2.45) is 17.8 Å². The standard InChI is InChI=1S/C21H28N4O2.2ClH/c26-20(24-9-7-16-13-22-14-17(16)8-10-24)15-5-11-25(12-6-15)21-23-18-3-1-2-4-19(18)27-21;;/h1-4,15-17,22H,5-14H2;2*1H/t16-,17+;;. The maximum Gasteiger partial charge on any atom is 0.298 e. The molecule has 0 saturated carbocycles. The number of fused-ring (bicyclic) bond motifs is 2. The molecule has 5 rings (SSSR count). The van der Waals surface area contributed by atoms with Gasteiger partial charge < -0.3 is 19.5 Å². The Morgan fingerprint density at radius 2 is 1.62 bits per heavy atom. The van der Waals surface area contributed by atoms with Crippen LogP contribution in [0.4, 0.5) is 6.01 Å². The van der Waals surface area contributed by atoms with E-state index in [9.17, 15) is 4.79 Å². The lowest BCUT2D eigenvalue weighted by Crippen LogP contribution is -2.43. The van der Waals surface area contributed by atoms with Gasteiger partial charge in [-0.3, -0.25) is 4.79 Å². The summed E-state index contributed by atoms with van der Waals surface area (Å²) < 4.78 is 5.89. The van der Waals surface area contributed by atoms with Crippen LogP contribution in [0.5, 0.6) is 0 Å². The molecule has 0 unspecified atom stereocenters. The first-order valence-electron chi connectivity index (χ1n) is 10.4. The first kappa shape index (κ1) is 22.2. The lowest BCUT2D eigenvalue weighted by atomic mass is 9.92. The molecule has 0 radical (unpaired) electrons. The molecule has 1 aromatic heterocycles. The molecular formula is C21H30Cl2N4O2. The smallest absolute Gasteiger partial charge is 0.298 e. The molecule has 29 heavy (non-hydrogen) atoms. The first-order chi connectivity index (χ1) is 13.3. The van der Waals surface area contributed by atoms with Gasteiger partial charge in [0, 0.05) is 32.1 Å². The molecule has 3 saturated heterocycles. The molecule has 2 atom stereocenters. The van der Waals surface area contributed by atoms with Crippen molar-refractivity contribution in [1.82, 2.24) is 15.2 Å². The van der Waals surface area contributed by atoms with Crippen LogP contribution < -0.4 is 10.2 Å². The minimum absolute atomic E-state index is 0. The molecule has 2 aromatic rings. The molecule has 0 bridgehead atoms. The lowest BCUT2D eigenvalue weighted by molar-refractivity contribution is -0.136. The number of anilines is 1. The summed E-state index contributed by atoms with van der Waals surface area (Å²) in [6.45, 7) is 5.82. The van der Waals surface area contributed by atoms with E-state index in [2.05, 4.69) is 20.1 Å². The molecule has 3 aliphatic rings. The fourth-order valence-corrected chi connectivity index (χ4v) is 5.01. The van der Waals surface area contributed by atoms with Gasteiger partial charge >= 0.3 is 0 Å². The summed E-state index contributed by atoms with van der Waals surface area (Å²) in [6.07, 6.45) is 4.10. The summed E-state index contributed by atoms with van der Waals surface area (Å²) in [5.41, 5.74) is 1.73. The van der Waals surface area contributed by atoms with Crippen molar-refractivity contribution in [3.05, 3.63) is 24.3 Å². The van der Waals surface area contributed by atoms with E-state index in [-0.39, 0.29) is 30.7 Å². The Labute approximate surface area is 184 Å². The average molecular weight is 441 g/mol. The number of amides is 1. The lowest BCUT2D eigenvalue weighted by Gasteiger charge is -2.33.